The van der Waals surface area contributed by atoms with E-state index in [0.29, 0.717) is 10.6 Å². The predicted octanol–water partition coefficient (Wildman–Crippen LogP) is 4.84. The maximum absolute atomic E-state index is 13.2. The Morgan fingerprint density at radius 1 is 1.09 bits per heavy atom. The molecule has 158 valence electrons. The number of amides is 1. The summed E-state index contributed by atoms with van der Waals surface area (Å²) in [5.74, 6) is -1.66. The molecule has 1 unspecified atom stereocenters. The lowest BCUT2D eigenvalue weighted by molar-refractivity contribution is -0.140. The van der Waals surface area contributed by atoms with E-state index in [4.69, 9.17) is 11.6 Å². The second-order valence-corrected chi connectivity index (χ2v) is 8.02. The van der Waals surface area contributed by atoms with Gasteiger partial charge in [-0.05, 0) is 29.8 Å². The molecule has 1 saturated heterocycles. The van der Waals surface area contributed by atoms with Gasteiger partial charge in [-0.2, -0.15) is 0 Å². The van der Waals surface area contributed by atoms with Crippen molar-refractivity contribution in [1.82, 2.24) is 14.9 Å². The van der Waals surface area contributed by atoms with Crippen LogP contribution in [0.5, 0.6) is 0 Å². The lowest BCUT2D eigenvalue weighted by Crippen LogP contribution is -2.29. The molecule has 2 aromatic heterocycles. The number of aromatic nitrogens is 2. The largest absolute Gasteiger partial charge is 0.507 e. The molecule has 4 aromatic rings. The highest BCUT2D eigenvalue weighted by Crippen LogP contribution is 2.42. The van der Waals surface area contributed by atoms with Crippen LogP contribution in [0.1, 0.15) is 22.7 Å². The fourth-order valence-corrected chi connectivity index (χ4v) is 4.36. The Kier molecular flexibility index (Phi) is 4.99. The number of carbonyl (C=O) groups excluding carboxylic acids is 2. The van der Waals surface area contributed by atoms with E-state index in [-0.39, 0.29) is 17.9 Å². The highest BCUT2D eigenvalue weighted by molar-refractivity contribution is 6.46. The quantitative estimate of drug-likeness (QED) is 0.268. The number of fused-ring (bicyclic) bond motifs is 1. The molecule has 2 N–H and O–H groups in total. The number of aliphatic hydroxyl groups is 1. The molecule has 0 spiro atoms. The Labute approximate surface area is 188 Å². The first-order valence-electron chi connectivity index (χ1n) is 10.0. The van der Waals surface area contributed by atoms with Crippen molar-refractivity contribution in [2.75, 3.05) is 0 Å². The molecule has 0 radical (unpaired) electrons. The number of aromatic amines is 1. The number of rotatable bonds is 4. The van der Waals surface area contributed by atoms with Gasteiger partial charge in [-0.25, -0.2) is 0 Å². The lowest BCUT2D eigenvalue weighted by atomic mass is 9.95. The third-order valence-electron chi connectivity index (χ3n) is 5.63. The van der Waals surface area contributed by atoms with Crippen LogP contribution in [0.3, 0.4) is 0 Å². The smallest absolute Gasteiger partial charge is 0.295 e. The summed E-state index contributed by atoms with van der Waals surface area (Å²) in [6.45, 7) is 0.176. The molecule has 0 bridgehead atoms. The topological polar surface area (TPSA) is 86.3 Å². The Hall–Kier alpha value is -3.90. The number of hydrogen-bond donors (Lipinski definition) is 2. The number of nitrogens with zero attached hydrogens (tertiary/aromatic N) is 2. The van der Waals surface area contributed by atoms with E-state index in [0.717, 1.165) is 22.0 Å². The highest BCUT2D eigenvalue weighted by atomic mass is 35.5. The van der Waals surface area contributed by atoms with Crippen LogP contribution in [-0.2, 0) is 16.1 Å². The number of likely N-dealkylation sites (tertiary alicyclic amines) is 1. The monoisotopic (exact) mass is 443 g/mol. The molecule has 3 heterocycles. The number of para-hydroxylation sites is 1. The van der Waals surface area contributed by atoms with Crippen LogP contribution in [0.25, 0.3) is 16.7 Å². The van der Waals surface area contributed by atoms with Crippen molar-refractivity contribution in [1.29, 1.82) is 0 Å². The van der Waals surface area contributed by atoms with Crippen LogP contribution in [0.4, 0.5) is 0 Å². The summed E-state index contributed by atoms with van der Waals surface area (Å²) in [6.07, 6.45) is 5.08. The van der Waals surface area contributed by atoms with Gasteiger partial charge in [0.2, 0.25) is 0 Å². The number of halogens is 1. The van der Waals surface area contributed by atoms with E-state index in [1.54, 1.807) is 48.9 Å². The van der Waals surface area contributed by atoms with E-state index >= 15 is 0 Å². The maximum Gasteiger partial charge on any atom is 0.295 e. The normalized spacial score (nSPS) is 17.9. The maximum atomic E-state index is 13.2. The van der Waals surface area contributed by atoms with Gasteiger partial charge in [0, 0.05) is 52.2 Å². The molecule has 32 heavy (non-hydrogen) atoms. The van der Waals surface area contributed by atoms with Crippen LogP contribution in [0, 0.1) is 0 Å². The second kappa shape index (κ2) is 7.98. The number of nitrogens with one attached hydrogen (secondary N) is 1. The lowest BCUT2D eigenvalue weighted by Gasteiger charge is -2.25. The fraction of sp³-hybridized carbons (Fsp3) is 0.0800. The summed E-state index contributed by atoms with van der Waals surface area (Å²) < 4.78 is 0. The molecule has 1 fully saturated rings. The van der Waals surface area contributed by atoms with Crippen molar-refractivity contribution in [2.24, 2.45) is 0 Å². The molecule has 5 rings (SSSR count). The Balaban J connectivity index is 1.72. The molecule has 6 nitrogen and oxygen atoms in total. The van der Waals surface area contributed by atoms with Crippen molar-refractivity contribution in [2.45, 2.75) is 12.6 Å². The summed E-state index contributed by atoms with van der Waals surface area (Å²) in [6, 6.07) is 17.1. The van der Waals surface area contributed by atoms with Crippen LogP contribution in [0.15, 0.2) is 84.8 Å². The van der Waals surface area contributed by atoms with E-state index in [9.17, 15) is 14.7 Å². The summed E-state index contributed by atoms with van der Waals surface area (Å²) in [5, 5.41) is 12.4. The summed E-state index contributed by atoms with van der Waals surface area (Å²) >= 11 is 6.10. The van der Waals surface area contributed by atoms with Gasteiger partial charge in [-0.1, -0.05) is 48.0 Å². The minimum absolute atomic E-state index is 0.0333. The Bertz CT molecular complexity index is 1380. The molecule has 7 heteroatoms. The standard InChI is InChI=1S/C25H18ClN3O3/c26-17-7-3-6-16(11-17)23(30)21-22(19-13-28-20-9-2-1-8-18(19)20)29(25(32)24(21)31)14-15-5-4-10-27-12-15/h1-13,22,28,30H,14H2/b23-21+. The third kappa shape index (κ3) is 3.35. The molecule has 0 saturated carbocycles. The molecule has 1 amide bonds. The fourth-order valence-electron chi connectivity index (χ4n) is 4.17. The zero-order chi connectivity index (χ0) is 22.2. The van der Waals surface area contributed by atoms with Gasteiger partial charge < -0.3 is 15.0 Å². The van der Waals surface area contributed by atoms with Gasteiger partial charge >= 0.3 is 0 Å². The average molecular weight is 444 g/mol. The zero-order valence-electron chi connectivity index (χ0n) is 16.8. The predicted molar refractivity (Wildman–Crippen MR) is 122 cm³/mol. The average Bonchev–Trinajstić information content (AvgIpc) is 3.34. The first-order valence-corrected chi connectivity index (χ1v) is 10.4. The number of carbonyl (C=O) groups is 2. The van der Waals surface area contributed by atoms with Gasteiger partial charge in [0.05, 0.1) is 11.6 Å². The Morgan fingerprint density at radius 2 is 1.94 bits per heavy atom. The van der Waals surface area contributed by atoms with Gasteiger partial charge in [0.15, 0.2) is 0 Å². The number of Topliss-reactive ketones (excluding diaryl/α,β-unsaturated/α-hetero) is 1. The zero-order valence-corrected chi connectivity index (χ0v) is 17.6. The van der Waals surface area contributed by atoms with E-state index in [1.807, 2.05) is 30.3 Å². The van der Waals surface area contributed by atoms with Gasteiger partial charge in [0.1, 0.15) is 5.76 Å². The van der Waals surface area contributed by atoms with Crippen molar-refractivity contribution in [3.63, 3.8) is 0 Å². The number of hydrogen-bond acceptors (Lipinski definition) is 4. The first-order chi connectivity index (χ1) is 15.5. The molecule has 2 aromatic carbocycles. The van der Waals surface area contributed by atoms with Crippen molar-refractivity contribution < 1.29 is 14.7 Å². The highest BCUT2D eigenvalue weighted by Gasteiger charge is 2.46. The minimum Gasteiger partial charge on any atom is -0.507 e. The molecule has 0 aliphatic carbocycles. The third-order valence-corrected chi connectivity index (χ3v) is 5.86. The Morgan fingerprint density at radius 3 is 2.72 bits per heavy atom. The first kappa shape index (κ1) is 20.0. The van der Waals surface area contributed by atoms with Crippen molar-refractivity contribution >= 4 is 40.0 Å². The molecule has 1 aliphatic rings. The number of benzene rings is 2. The number of H-pyrrole nitrogens is 1. The van der Waals surface area contributed by atoms with Crippen molar-refractivity contribution in [3.8, 4) is 0 Å². The van der Waals surface area contributed by atoms with E-state index in [2.05, 4.69) is 9.97 Å². The van der Waals surface area contributed by atoms with Gasteiger partial charge in [-0.3, -0.25) is 14.6 Å². The molecule has 1 aliphatic heterocycles. The SMILES string of the molecule is O=C1C(=O)N(Cc2cccnc2)C(c2c[nH]c3ccccc23)/C1=C(\O)c1cccc(Cl)c1. The van der Waals surface area contributed by atoms with E-state index < -0.39 is 17.7 Å². The molecule has 1 atom stereocenters. The summed E-state index contributed by atoms with van der Waals surface area (Å²) in [5.41, 5.74) is 2.79. The number of pyridine rings is 1. The number of aliphatic hydroxyl groups excluding tert-OH is 1. The minimum atomic E-state index is -0.773. The van der Waals surface area contributed by atoms with Crippen LogP contribution in [0.2, 0.25) is 5.02 Å². The van der Waals surface area contributed by atoms with Gasteiger partial charge in [-0.15, -0.1) is 0 Å². The molecular formula is C25H18ClN3O3. The molecular weight excluding hydrogens is 426 g/mol. The summed E-state index contributed by atoms with van der Waals surface area (Å²) in [7, 11) is 0. The second-order valence-electron chi connectivity index (χ2n) is 7.59. The number of ketones is 1. The van der Waals surface area contributed by atoms with Crippen LogP contribution < -0.4 is 0 Å². The van der Waals surface area contributed by atoms with Crippen LogP contribution >= 0.6 is 11.6 Å². The van der Waals surface area contributed by atoms with Crippen molar-refractivity contribution in [3.05, 3.63) is 107 Å². The summed E-state index contributed by atoms with van der Waals surface area (Å²) in [4.78, 5) is 35.1. The van der Waals surface area contributed by atoms with Gasteiger partial charge in [0.25, 0.3) is 11.7 Å². The van der Waals surface area contributed by atoms with Crippen LogP contribution in [-0.4, -0.2) is 31.7 Å². The van der Waals surface area contributed by atoms with E-state index in [1.165, 1.54) is 4.90 Å².